The van der Waals surface area contributed by atoms with Crippen molar-refractivity contribution in [2.45, 2.75) is 38.1 Å². The molecule has 0 aliphatic carbocycles. The Morgan fingerprint density at radius 1 is 1.45 bits per heavy atom. The van der Waals surface area contributed by atoms with E-state index in [-0.39, 0.29) is 36.1 Å². The van der Waals surface area contributed by atoms with E-state index in [2.05, 4.69) is 10.6 Å². The van der Waals surface area contributed by atoms with Crippen LogP contribution in [0.2, 0.25) is 0 Å². The molecule has 0 radical (unpaired) electrons. The molecular formula is C15H22ClFN2O. The standard InChI is InChI=1S/C15H21FN2O.ClH/c1-11(12-4-6-13(16)7-5-12)9-15(19)18-14-3-2-8-17-10-14;/h4-7,11,14,17H,2-3,8-10H2,1H3,(H,18,19);1H/t11?,14-;/m0./s1. The van der Waals surface area contributed by atoms with Gasteiger partial charge in [-0.3, -0.25) is 4.79 Å². The molecule has 5 heteroatoms. The molecule has 1 aromatic rings. The minimum atomic E-state index is -0.242. The summed E-state index contributed by atoms with van der Waals surface area (Å²) >= 11 is 0. The van der Waals surface area contributed by atoms with Crippen LogP contribution >= 0.6 is 12.4 Å². The molecular weight excluding hydrogens is 279 g/mol. The number of carbonyl (C=O) groups excluding carboxylic acids is 1. The van der Waals surface area contributed by atoms with Crippen molar-refractivity contribution < 1.29 is 9.18 Å². The summed E-state index contributed by atoms with van der Waals surface area (Å²) in [6.45, 7) is 3.89. The Balaban J connectivity index is 0.00000200. The van der Waals surface area contributed by atoms with Crippen molar-refractivity contribution in [3.63, 3.8) is 0 Å². The first-order valence-electron chi connectivity index (χ1n) is 6.90. The van der Waals surface area contributed by atoms with Crippen LogP contribution in [0, 0.1) is 5.82 Å². The van der Waals surface area contributed by atoms with E-state index < -0.39 is 0 Å². The quantitative estimate of drug-likeness (QED) is 0.897. The summed E-state index contributed by atoms with van der Waals surface area (Å²) in [6.07, 6.45) is 2.60. The summed E-state index contributed by atoms with van der Waals surface area (Å²) in [5, 5.41) is 6.33. The lowest BCUT2D eigenvalue weighted by molar-refractivity contribution is -0.122. The zero-order valence-electron chi connectivity index (χ0n) is 11.7. The highest BCUT2D eigenvalue weighted by Crippen LogP contribution is 2.19. The lowest BCUT2D eigenvalue weighted by Crippen LogP contribution is -2.45. The van der Waals surface area contributed by atoms with Gasteiger partial charge in [0, 0.05) is 19.0 Å². The van der Waals surface area contributed by atoms with Gasteiger partial charge >= 0.3 is 0 Å². The van der Waals surface area contributed by atoms with Crippen LogP contribution in [0.1, 0.15) is 37.7 Å². The highest BCUT2D eigenvalue weighted by molar-refractivity contribution is 5.85. The summed E-state index contributed by atoms with van der Waals surface area (Å²) in [6, 6.07) is 6.62. The largest absolute Gasteiger partial charge is 0.352 e. The maximum atomic E-state index is 12.8. The van der Waals surface area contributed by atoms with Gasteiger partial charge < -0.3 is 10.6 Å². The second-order valence-corrected chi connectivity index (χ2v) is 5.27. The Kier molecular flexibility index (Phi) is 6.96. The van der Waals surface area contributed by atoms with Crippen LogP contribution in [0.5, 0.6) is 0 Å². The molecule has 0 aromatic heterocycles. The van der Waals surface area contributed by atoms with Crippen LogP contribution in [-0.4, -0.2) is 25.0 Å². The van der Waals surface area contributed by atoms with Crippen molar-refractivity contribution in [3.05, 3.63) is 35.6 Å². The third-order valence-corrected chi connectivity index (χ3v) is 3.59. The van der Waals surface area contributed by atoms with Gasteiger partial charge in [-0.05, 0) is 43.0 Å². The number of hydrogen-bond acceptors (Lipinski definition) is 2. The molecule has 1 unspecified atom stereocenters. The molecule has 1 fully saturated rings. The van der Waals surface area contributed by atoms with Crippen LogP contribution in [0.25, 0.3) is 0 Å². The Hall–Kier alpha value is -1.13. The Morgan fingerprint density at radius 2 is 2.15 bits per heavy atom. The SMILES string of the molecule is CC(CC(=O)N[C@H]1CCCNC1)c1ccc(F)cc1.Cl. The van der Waals surface area contributed by atoms with Crippen LogP contribution < -0.4 is 10.6 Å². The fraction of sp³-hybridized carbons (Fsp3) is 0.533. The molecule has 2 rings (SSSR count). The van der Waals surface area contributed by atoms with Crippen molar-refractivity contribution in [3.8, 4) is 0 Å². The fourth-order valence-electron chi connectivity index (χ4n) is 2.45. The number of rotatable bonds is 4. The molecule has 0 saturated carbocycles. The Morgan fingerprint density at radius 3 is 2.75 bits per heavy atom. The third-order valence-electron chi connectivity index (χ3n) is 3.59. The summed E-state index contributed by atoms with van der Waals surface area (Å²) in [7, 11) is 0. The van der Waals surface area contributed by atoms with E-state index in [1.807, 2.05) is 6.92 Å². The predicted octanol–water partition coefficient (Wildman–Crippen LogP) is 2.61. The predicted molar refractivity (Wildman–Crippen MR) is 80.7 cm³/mol. The Labute approximate surface area is 125 Å². The van der Waals surface area contributed by atoms with Gasteiger partial charge in [-0.25, -0.2) is 4.39 Å². The second-order valence-electron chi connectivity index (χ2n) is 5.27. The zero-order valence-corrected chi connectivity index (χ0v) is 12.5. The second kappa shape index (κ2) is 8.22. The Bertz CT molecular complexity index is 418. The van der Waals surface area contributed by atoms with E-state index in [9.17, 15) is 9.18 Å². The van der Waals surface area contributed by atoms with Gasteiger partial charge in [0.25, 0.3) is 0 Å². The van der Waals surface area contributed by atoms with Crippen LogP contribution in [0.15, 0.2) is 24.3 Å². The van der Waals surface area contributed by atoms with Gasteiger partial charge in [-0.1, -0.05) is 19.1 Å². The van der Waals surface area contributed by atoms with Gasteiger partial charge in [0.15, 0.2) is 0 Å². The van der Waals surface area contributed by atoms with Gasteiger partial charge in [0.05, 0.1) is 0 Å². The van der Waals surface area contributed by atoms with Gasteiger partial charge in [-0.15, -0.1) is 12.4 Å². The summed E-state index contributed by atoms with van der Waals surface area (Å²) in [4.78, 5) is 11.9. The molecule has 112 valence electrons. The van der Waals surface area contributed by atoms with Gasteiger partial charge in [0.1, 0.15) is 5.82 Å². The molecule has 1 heterocycles. The number of hydrogen-bond donors (Lipinski definition) is 2. The number of amides is 1. The summed E-state index contributed by atoms with van der Waals surface area (Å²) in [5.74, 6) is -0.0589. The van der Waals surface area contributed by atoms with Crippen molar-refractivity contribution in [2.24, 2.45) is 0 Å². The maximum absolute atomic E-state index is 12.8. The molecule has 1 aromatic carbocycles. The van der Waals surface area contributed by atoms with Gasteiger partial charge in [0.2, 0.25) is 5.91 Å². The number of nitrogens with one attached hydrogen (secondary N) is 2. The van der Waals surface area contributed by atoms with E-state index in [1.54, 1.807) is 12.1 Å². The lowest BCUT2D eigenvalue weighted by Gasteiger charge is -2.24. The minimum absolute atomic E-state index is 0. The topological polar surface area (TPSA) is 41.1 Å². The fourth-order valence-corrected chi connectivity index (χ4v) is 2.45. The number of halogens is 2. The zero-order chi connectivity index (χ0) is 13.7. The molecule has 0 bridgehead atoms. The number of piperidine rings is 1. The molecule has 2 atom stereocenters. The molecule has 20 heavy (non-hydrogen) atoms. The molecule has 1 aliphatic heterocycles. The van der Waals surface area contributed by atoms with Crippen molar-refractivity contribution in [1.29, 1.82) is 0 Å². The van der Waals surface area contributed by atoms with Crippen molar-refractivity contribution in [1.82, 2.24) is 10.6 Å². The van der Waals surface area contributed by atoms with E-state index in [0.29, 0.717) is 6.42 Å². The van der Waals surface area contributed by atoms with Crippen LogP contribution in [0.4, 0.5) is 4.39 Å². The molecule has 1 aliphatic rings. The number of benzene rings is 1. The average Bonchev–Trinajstić information content (AvgIpc) is 2.40. The van der Waals surface area contributed by atoms with E-state index >= 15 is 0 Å². The smallest absolute Gasteiger partial charge is 0.220 e. The van der Waals surface area contributed by atoms with E-state index in [4.69, 9.17) is 0 Å². The molecule has 1 amide bonds. The van der Waals surface area contributed by atoms with E-state index in [0.717, 1.165) is 31.5 Å². The first-order chi connectivity index (χ1) is 9.15. The first kappa shape index (κ1) is 16.9. The monoisotopic (exact) mass is 300 g/mol. The lowest BCUT2D eigenvalue weighted by atomic mass is 9.97. The van der Waals surface area contributed by atoms with Crippen LogP contribution in [-0.2, 0) is 4.79 Å². The highest BCUT2D eigenvalue weighted by Gasteiger charge is 2.17. The minimum Gasteiger partial charge on any atom is -0.352 e. The maximum Gasteiger partial charge on any atom is 0.220 e. The van der Waals surface area contributed by atoms with Crippen molar-refractivity contribution >= 4 is 18.3 Å². The summed E-state index contributed by atoms with van der Waals surface area (Å²) < 4.78 is 12.8. The molecule has 2 N–H and O–H groups in total. The first-order valence-corrected chi connectivity index (χ1v) is 6.90. The average molecular weight is 301 g/mol. The van der Waals surface area contributed by atoms with Crippen molar-refractivity contribution in [2.75, 3.05) is 13.1 Å². The molecule has 3 nitrogen and oxygen atoms in total. The van der Waals surface area contributed by atoms with E-state index in [1.165, 1.54) is 12.1 Å². The molecule has 1 saturated heterocycles. The third kappa shape index (κ3) is 5.10. The number of carbonyl (C=O) groups is 1. The highest BCUT2D eigenvalue weighted by atomic mass is 35.5. The normalized spacial score (nSPS) is 19.8. The molecule has 0 spiro atoms. The van der Waals surface area contributed by atoms with Gasteiger partial charge in [-0.2, -0.15) is 0 Å². The summed E-state index contributed by atoms with van der Waals surface area (Å²) in [5.41, 5.74) is 0.998. The van der Waals surface area contributed by atoms with Crippen LogP contribution in [0.3, 0.4) is 0 Å².